The molecule has 1 atom stereocenters. The third-order valence-electron chi connectivity index (χ3n) is 5.26. The minimum Gasteiger partial charge on any atom is -0.348 e. The molecule has 0 bridgehead atoms. The summed E-state index contributed by atoms with van der Waals surface area (Å²) in [6, 6.07) is 8.26. The zero-order valence-corrected chi connectivity index (χ0v) is 14.8. The Morgan fingerprint density at radius 2 is 2.09 bits per heavy atom. The minimum atomic E-state index is -0.319. The molecule has 1 heterocycles. The average Bonchev–Trinajstić information content (AvgIpc) is 3.28. The van der Waals surface area contributed by atoms with Crippen molar-refractivity contribution in [1.29, 1.82) is 0 Å². The molecule has 1 amide bonds. The van der Waals surface area contributed by atoms with Gasteiger partial charge in [0, 0.05) is 22.8 Å². The van der Waals surface area contributed by atoms with Gasteiger partial charge in [0.15, 0.2) is 0 Å². The Hall–Kier alpha value is -1.62. The lowest BCUT2D eigenvalue weighted by Crippen LogP contribution is -2.38. The number of amides is 1. The second-order valence-corrected chi connectivity index (χ2v) is 7.59. The quantitative estimate of drug-likeness (QED) is 0.895. The van der Waals surface area contributed by atoms with Crippen molar-refractivity contribution < 1.29 is 4.79 Å². The van der Waals surface area contributed by atoms with E-state index >= 15 is 0 Å². The average molecular weight is 374 g/mol. The summed E-state index contributed by atoms with van der Waals surface area (Å²) in [4.78, 5) is 12.9. The number of rotatable bonds is 3. The van der Waals surface area contributed by atoms with Gasteiger partial charge in [-0.3, -0.25) is 9.48 Å². The summed E-state index contributed by atoms with van der Waals surface area (Å²) < 4.78 is 2.99. The molecule has 1 saturated carbocycles. The summed E-state index contributed by atoms with van der Waals surface area (Å²) in [6.07, 6.45) is 6.94. The molecule has 0 unspecified atom stereocenters. The lowest BCUT2D eigenvalue weighted by molar-refractivity contribution is -0.124. The Kier molecular flexibility index (Phi) is 3.56. The van der Waals surface area contributed by atoms with E-state index in [0.717, 1.165) is 42.1 Å². The maximum Gasteiger partial charge on any atom is 0.231 e. The molecule has 1 aromatic carbocycles. The van der Waals surface area contributed by atoms with Gasteiger partial charge in [-0.05, 0) is 49.8 Å². The predicted octanol–water partition coefficient (Wildman–Crippen LogP) is 3.41. The van der Waals surface area contributed by atoms with Crippen LogP contribution >= 0.6 is 15.9 Å². The van der Waals surface area contributed by atoms with Crippen LogP contribution < -0.4 is 5.32 Å². The van der Waals surface area contributed by atoms with E-state index in [1.807, 2.05) is 30.1 Å². The fourth-order valence-corrected chi connectivity index (χ4v) is 3.96. The first-order valence-corrected chi connectivity index (χ1v) is 8.97. The van der Waals surface area contributed by atoms with Gasteiger partial charge in [0.25, 0.3) is 0 Å². The number of hydrogen-bond acceptors (Lipinski definition) is 2. The van der Waals surface area contributed by atoms with Gasteiger partial charge in [0.05, 0.1) is 17.7 Å². The van der Waals surface area contributed by atoms with Crippen LogP contribution in [0.4, 0.5) is 0 Å². The normalized spacial score (nSPS) is 21.6. The highest BCUT2D eigenvalue weighted by Crippen LogP contribution is 2.49. The van der Waals surface area contributed by atoms with Crippen LogP contribution in [0.1, 0.15) is 48.5 Å². The smallest absolute Gasteiger partial charge is 0.231 e. The highest BCUT2D eigenvalue weighted by Gasteiger charge is 2.51. The molecule has 0 aliphatic heterocycles. The zero-order valence-electron chi connectivity index (χ0n) is 13.2. The number of nitrogens with zero attached hydrogens (tertiary/aromatic N) is 2. The molecule has 2 aliphatic rings. The monoisotopic (exact) mass is 373 g/mol. The Balaban J connectivity index is 1.56. The number of nitrogens with one attached hydrogen (secondary N) is 1. The van der Waals surface area contributed by atoms with Gasteiger partial charge in [-0.1, -0.05) is 28.1 Å². The first kappa shape index (κ1) is 14.9. The summed E-state index contributed by atoms with van der Waals surface area (Å²) in [7, 11) is 1.98. The van der Waals surface area contributed by atoms with Gasteiger partial charge in [-0.25, -0.2) is 0 Å². The number of aryl methyl sites for hydroxylation is 1. The van der Waals surface area contributed by atoms with E-state index in [2.05, 4.69) is 38.5 Å². The van der Waals surface area contributed by atoms with Crippen molar-refractivity contribution in [3.8, 4) is 0 Å². The van der Waals surface area contributed by atoms with E-state index in [1.54, 1.807) is 0 Å². The molecule has 1 N–H and O–H groups in total. The molecule has 5 heteroatoms. The molecule has 2 aliphatic carbocycles. The van der Waals surface area contributed by atoms with Crippen LogP contribution in [0.25, 0.3) is 0 Å². The number of benzene rings is 1. The van der Waals surface area contributed by atoms with Crippen molar-refractivity contribution in [3.05, 3.63) is 51.8 Å². The maximum atomic E-state index is 12.9. The number of aromatic nitrogens is 2. The fraction of sp³-hybridized carbons (Fsp3) is 0.444. The van der Waals surface area contributed by atoms with Gasteiger partial charge in [-0.15, -0.1) is 0 Å². The third-order valence-corrected chi connectivity index (χ3v) is 5.79. The van der Waals surface area contributed by atoms with Crippen LogP contribution in [-0.4, -0.2) is 15.7 Å². The van der Waals surface area contributed by atoms with Gasteiger partial charge in [-0.2, -0.15) is 5.10 Å². The third kappa shape index (κ3) is 2.51. The molecule has 0 saturated heterocycles. The Morgan fingerprint density at radius 3 is 2.78 bits per heavy atom. The summed E-state index contributed by atoms with van der Waals surface area (Å²) in [6.45, 7) is 0. The van der Waals surface area contributed by atoms with Crippen molar-refractivity contribution in [2.45, 2.75) is 43.6 Å². The van der Waals surface area contributed by atoms with Crippen LogP contribution in [0.15, 0.2) is 34.9 Å². The Labute approximate surface area is 144 Å². The second kappa shape index (κ2) is 5.48. The van der Waals surface area contributed by atoms with Crippen molar-refractivity contribution in [2.24, 2.45) is 7.05 Å². The predicted molar refractivity (Wildman–Crippen MR) is 92.1 cm³/mol. The Bertz CT molecular complexity index is 746. The number of carbonyl (C=O) groups excluding carboxylic acids is 1. The fourth-order valence-electron chi connectivity index (χ4n) is 3.69. The molecule has 0 radical (unpaired) electrons. The van der Waals surface area contributed by atoms with Gasteiger partial charge in [0.2, 0.25) is 5.91 Å². The molecule has 120 valence electrons. The first-order chi connectivity index (χ1) is 11.1. The lowest BCUT2D eigenvalue weighted by Gasteiger charge is -2.26. The van der Waals surface area contributed by atoms with Crippen molar-refractivity contribution in [1.82, 2.24) is 15.1 Å². The molecule has 2 aromatic rings. The summed E-state index contributed by atoms with van der Waals surface area (Å²) >= 11 is 3.46. The van der Waals surface area contributed by atoms with E-state index < -0.39 is 0 Å². The summed E-state index contributed by atoms with van der Waals surface area (Å²) in [5.41, 5.74) is 3.26. The van der Waals surface area contributed by atoms with Crippen molar-refractivity contribution in [2.75, 3.05) is 0 Å². The standard InChI is InChI=1S/C18H20BrN3O/c1-22-16-4-2-3-15(14(16)11-20-22)21-17(23)18(9-10-18)12-5-7-13(19)8-6-12/h5-8,11,15H,2-4,9-10H2,1H3,(H,21,23)/t15-/m0/s1. The molecule has 23 heavy (non-hydrogen) atoms. The maximum absolute atomic E-state index is 12.9. The van der Waals surface area contributed by atoms with Crippen molar-refractivity contribution >= 4 is 21.8 Å². The van der Waals surface area contributed by atoms with E-state index in [-0.39, 0.29) is 17.4 Å². The van der Waals surface area contributed by atoms with Crippen LogP contribution in [0, 0.1) is 0 Å². The first-order valence-electron chi connectivity index (χ1n) is 8.18. The van der Waals surface area contributed by atoms with Gasteiger partial charge in [0.1, 0.15) is 0 Å². The molecular weight excluding hydrogens is 354 g/mol. The number of fused-ring (bicyclic) bond motifs is 1. The van der Waals surface area contributed by atoms with Crippen molar-refractivity contribution in [3.63, 3.8) is 0 Å². The molecule has 4 rings (SSSR count). The number of halogens is 1. The molecule has 0 spiro atoms. The summed E-state index contributed by atoms with van der Waals surface area (Å²) in [5, 5.41) is 7.66. The van der Waals surface area contributed by atoms with E-state index in [9.17, 15) is 4.79 Å². The van der Waals surface area contributed by atoms with E-state index in [0.29, 0.717) is 0 Å². The van der Waals surface area contributed by atoms with Crippen LogP contribution in [0.2, 0.25) is 0 Å². The SMILES string of the molecule is Cn1ncc2c1CCC[C@@H]2NC(=O)C1(c2ccc(Br)cc2)CC1. The summed E-state index contributed by atoms with van der Waals surface area (Å²) in [5.74, 6) is 0.168. The van der Waals surface area contributed by atoms with E-state index in [1.165, 1.54) is 11.3 Å². The van der Waals surface area contributed by atoms with Crippen LogP contribution in [-0.2, 0) is 23.7 Å². The molecule has 4 nitrogen and oxygen atoms in total. The molecular formula is C18H20BrN3O. The zero-order chi connectivity index (χ0) is 16.0. The van der Waals surface area contributed by atoms with E-state index in [4.69, 9.17) is 0 Å². The lowest BCUT2D eigenvalue weighted by atomic mass is 9.90. The molecule has 1 aromatic heterocycles. The van der Waals surface area contributed by atoms with Crippen LogP contribution in [0.5, 0.6) is 0 Å². The second-order valence-electron chi connectivity index (χ2n) is 6.68. The minimum absolute atomic E-state index is 0.105. The number of carbonyl (C=O) groups is 1. The Morgan fingerprint density at radius 1 is 1.35 bits per heavy atom. The largest absolute Gasteiger partial charge is 0.348 e. The van der Waals surface area contributed by atoms with Gasteiger partial charge < -0.3 is 5.32 Å². The van der Waals surface area contributed by atoms with Crippen LogP contribution in [0.3, 0.4) is 0 Å². The van der Waals surface area contributed by atoms with Gasteiger partial charge >= 0.3 is 0 Å². The molecule has 1 fully saturated rings. The highest BCUT2D eigenvalue weighted by atomic mass is 79.9. The highest BCUT2D eigenvalue weighted by molar-refractivity contribution is 9.10. The number of hydrogen-bond donors (Lipinski definition) is 1. The topological polar surface area (TPSA) is 46.9 Å².